The van der Waals surface area contributed by atoms with Gasteiger partial charge < -0.3 is 19.1 Å². The molecule has 6 nitrogen and oxygen atoms in total. The average molecular weight is 314 g/mol. The van der Waals surface area contributed by atoms with E-state index in [1.807, 2.05) is 13.8 Å². The van der Waals surface area contributed by atoms with E-state index in [1.165, 1.54) is 6.26 Å². The molecule has 0 aliphatic carbocycles. The van der Waals surface area contributed by atoms with Crippen LogP contribution in [0.15, 0.2) is 16.7 Å². The van der Waals surface area contributed by atoms with Crippen LogP contribution in [0.1, 0.15) is 24.2 Å². The van der Waals surface area contributed by atoms with Gasteiger partial charge in [-0.25, -0.2) is 4.79 Å². The molecule has 1 fully saturated rings. The molecule has 2 heterocycles. The molecule has 0 aromatic carbocycles. The Hall–Kier alpha value is -1.69. The van der Waals surface area contributed by atoms with Gasteiger partial charge in [-0.1, -0.05) is 0 Å². The van der Waals surface area contributed by atoms with Crippen LogP contribution < -0.4 is 0 Å². The lowest BCUT2D eigenvalue weighted by molar-refractivity contribution is 0.0641. The molecule has 1 aromatic heterocycles. The molecule has 0 bridgehead atoms. The van der Waals surface area contributed by atoms with Crippen LogP contribution >= 0.6 is 11.6 Å². The summed E-state index contributed by atoms with van der Waals surface area (Å²) in [5, 5.41) is 0.113. The molecule has 116 valence electrons. The minimum atomic E-state index is -0.149. The van der Waals surface area contributed by atoms with E-state index in [0.29, 0.717) is 44.8 Å². The van der Waals surface area contributed by atoms with Gasteiger partial charge >= 0.3 is 6.03 Å². The number of furan rings is 1. The third-order valence-electron chi connectivity index (χ3n) is 3.72. The summed E-state index contributed by atoms with van der Waals surface area (Å²) in [6.45, 7) is 7.40. The van der Waals surface area contributed by atoms with Crippen LogP contribution in [0.3, 0.4) is 0 Å². The highest BCUT2D eigenvalue weighted by Gasteiger charge is 2.28. The first kappa shape index (κ1) is 15.7. The highest BCUT2D eigenvalue weighted by atomic mass is 35.5. The van der Waals surface area contributed by atoms with Crippen LogP contribution in [0.2, 0.25) is 5.22 Å². The van der Waals surface area contributed by atoms with Gasteiger partial charge in [0.2, 0.25) is 5.22 Å². The molecule has 1 saturated heterocycles. The molecule has 0 atom stereocenters. The van der Waals surface area contributed by atoms with Crippen molar-refractivity contribution in [3.63, 3.8) is 0 Å². The fourth-order valence-electron chi connectivity index (χ4n) is 2.41. The van der Waals surface area contributed by atoms with Gasteiger partial charge in [-0.05, 0) is 31.5 Å². The Labute approximate surface area is 129 Å². The molecule has 1 aliphatic rings. The van der Waals surface area contributed by atoms with Crippen molar-refractivity contribution < 1.29 is 14.0 Å². The van der Waals surface area contributed by atoms with Gasteiger partial charge in [-0.15, -0.1) is 0 Å². The van der Waals surface area contributed by atoms with Crippen molar-refractivity contribution in [1.29, 1.82) is 0 Å². The van der Waals surface area contributed by atoms with Gasteiger partial charge in [0.1, 0.15) is 0 Å². The number of nitrogens with zero attached hydrogens (tertiary/aromatic N) is 3. The van der Waals surface area contributed by atoms with E-state index in [2.05, 4.69) is 0 Å². The highest BCUT2D eigenvalue weighted by molar-refractivity contribution is 6.32. The predicted molar refractivity (Wildman–Crippen MR) is 79.5 cm³/mol. The molecule has 2 rings (SSSR count). The summed E-state index contributed by atoms with van der Waals surface area (Å²) < 4.78 is 4.94. The lowest BCUT2D eigenvalue weighted by atomic mass is 10.2. The molecule has 0 spiro atoms. The summed E-state index contributed by atoms with van der Waals surface area (Å²) >= 11 is 5.83. The first-order valence-electron chi connectivity index (χ1n) is 7.14. The second-order valence-electron chi connectivity index (χ2n) is 4.84. The maximum atomic E-state index is 12.3. The van der Waals surface area contributed by atoms with Crippen molar-refractivity contribution in [2.45, 2.75) is 13.8 Å². The molecule has 1 aromatic rings. The largest absolute Gasteiger partial charge is 0.452 e. The fourth-order valence-corrected chi connectivity index (χ4v) is 2.61. The van der Waals surface area contributed by atoms with Crippen LogP contribution in [0, 0.1) is 0 Å². The Kier molecular flexibility index (Phi) is 5.12. The van der Waals surface area contributed by atoms with Crippen LogP contribution in [0.25, 0.3) is 0 Å². The molecule has 21 heavy (non-hydrogen) atoms. The Morgan fingerprint density at radius 3 is 2.24 bits per heavy atom. The summed E-state index contributed by atoms with van der Waals surface area (Å²) in [7, 11) is 0. The topological polar surface area (TPSA) is 57.0 Å². The van der Waals surface area contributed by atoms with E-state index in [9.17, 15) is 9.59 Å². The van der Waals surface area contributed by atoms with Crippen LogP contribution in [-0.4, -0.2) is 65.9 Å². The van der Waals surface area contributed by atoms with Crippen LogP contribution in [-0.2, 0) is 0 Å². The lowest BCUT2D eigenvalue weighted by Crippen LogP contribution is -2.54. The predicted octanol–water partition coefficient (Wildman–Crippen LogP) is 2.15. The van der Waals surface area contributed by atoms with Crippen molar-refractivity contribution in [2.75, 3.05) is 39.3 Å². The van der Waals surface area contributed by atoms with Crippen molar-refractivity contribution in [3.05, 3.63) is 23.1 Å². The summed E-state index contributed by atoms with van der Waals surface area (Å²) in [5.41, 5.74) is 0.375. The van der Waals surface area contributed by atoms with Gasteiger partial charge in [0, 0.05) is 39.3 Å². The summed E-state index contributed by atoms with van der Waals surface area (Å²) in [6.07, 6.45) is 1.40. The summed E-state index contributed by atoms with van der Waals surface area (Å²) in [6, 6.07) is 1.60. The van der Waals surface area contributed by atoms with Crippen molar-refractivity contribution in [1.82, 2.24) is 14.7 Å². The maximum absolute atomic E-state index is 12.3. The quantitative estimate of drug-likeness (QED) is 0.859. The van der Waals surface area contributed by atoms with E-state index < -0.39 is 0 Å². The summed E-state index contributed by atoms with van der Waals surface area (Å²) in [5.74, 6) is -0.149. The number of piperazine rings is 1. The maximum Gasteiger partial charge on any atom is 0.320 e. The molecule has 1 aliphatic heterocycles. The van der Waals surface area contributed by atoms with E-state index in [1.54, 1.807) is 20.8 Å². The summed E-state index contributed by atoms with van der Waals surface area (Å²) in [4.78, 5) is 29.8. The molecule has 3 amide bonds. The zero-order valence-corrected chi connectivity index (χ0v) is 13.1. The molecule has 0 N–H and O–H groups in total. The first-order chi connectivity index (χ1) is 10.1. The van der Waals surface area contributed by atoms with E-state index in [0.717, 1.165) is 0 Å². The van der Waals surface area contributed by atoms with Crippen molar-refractivity contribution >= 4 is 23.5 Å². The zero-order chi connectivity index (χ0) is 15.4. The number of amides is 3. The van der Waals surface area contributed by atoms with E-state index >= 15 is 0 Å². The molecular weight excluding hydrogens is 294 g/mol. The van der Waals surface area contributed by atoms with E-state index in [4.69, 9.17) is 16.0 Å². The Morgan fingerprint density at radius 1 is 1.19 bits per heavy atom. The minimum Gasteiger partial charge on any atom is -0.452 e. The Bertz CT molecular complexity index is 505. The van der Waals surface area contributed by atoms with Gasteiger partial charge in [0.05, 0.1) is 11.8 Å². The lowest BCUT2D eigenvalue weighted by Gasteiger charge is -2.37. The van der Waals surface area contributed by atoms with Crippen LogP contribution in [0.4, 0.5) is 4.79 Å². The SMILES string of the molecule is CCN(CC)C(=O)N1CCN(C(=O)c2ccoc2Cl)CC1. The normalized spacial score (nSPS) is 15.2. The van der Waals surface area contributed by atoms with Crippen LogP contribution in [0.5, 0.6) is 0 Å². The molecule has 0 saturated carbocycles. The third kappa shape index (κ3) is 3.32. The minimum absolute atomic E-state index is 0.0356. The standard InChI is InChI=1S/C14H20ClN3O3/c1-3-16(4-2)14(20)18-8-6-17(7-9-18)13(19)11-5-10-21-12(11)15/h5,10H,3-4,6-9H2,1-2H3. The number of carbonyl (C=O) groups excluding carboxylic acids is 2. The number of carbonyl (C=O) groups is 2. The number of hydrogen-bond donors (Lipinski definition) is 0. The number of halogens is 1. The van der Waals surface area contributed by atoms with Gasteiger partial charge in [0.15, 0.2) is 0 Å². The smallest absolute Gasteiger partial charge is 0.320 e. The number of urea groups is 1. The first-order valence-corrected chi connectivity index (χ1v) is 7.52. The molecule has 0 radical (unpaired) electrons. The number of rotatable bonds is 3. The molecule has 7 heteroatoms. The second-order valence-corrected chi connectivity index (χ2v) is 5.19. The molecular formula is C14H20ClN3O3. The monoisotopic (exact) mass is 313 g/mol. The average Bonchev–Trinajstić information content (AvgIpc) is 2.94. The Balaban J connectivity index is 1.93. The van der Waals surface area contributed by atoms with Gasteiger partial charge in [-0.2, -0.15) is 0 Å². The molecule has 0 unspecified atom stereocenters. The zero-order valence-electron chi connectivity index (χ0n) is 12.3. The second kappa shape index (κ2) is 6.85. The third-order valence-corrected chi connectivity index (χ3v) is 4.01. The number of hydrogen-bond acceptors (Lipinski definition) is 3. The fraction of sp³-hybridized carbons (Fsp3) is 0.571. The van der Waals surface area contributed by atoms with Gasteiger partial charge in [-0.3, -0.25) is 4.79 Å². The van der Waals surface area contributed by atoms with E-state index in [-0.39, 0.29) is 17.2 Å². The Morgan fingerprint density at radius 2 is 1.76 bits per heavy atom. The van der Waals surface area contributed by atoms with Gasteiger partial charge in [0.25, 0.3) is 5.91 Å². The van der Waals surface area contributed by atoms with Crippen molar-refractivity contribution in [2.24, 2.45) is 0 Å². The van der Waals surface area contributed by atoms with Crippen molar-refractivity contribution in [3.8, 4) is 0 Å². The highest BCUT2D eigenvalue weighted by Crippen LogP contribution is 2.19.